The minimum absolute atomic E-state index is 0.918. The second kappa shape index (κ2) is 5.50. The van der Waals surface area contributed by atoms with Gasteiger partial charge in [-0.2, -0.15) is 11.8 Å². The highest BCUT2D eigenvalue weighted by Crippen LogP contribution is 2.21. The number of hydrogen-bond donors (Lipinski definition) is 0. The molecule has 0 bridgehead atoms. The van der Waals surface area contributed by atoms with E-state index >= 15 is 0 Å². The normalized spacial score (nSPS) is 16.8. The van der Waals surface area contributed by atoms with E-state index in [-0.39, 0.29) is 0 Å². The predicted molar refractivity (Wildman–Crippen MR) is 58.8 cm³/mol. The first-order valence-corrected chi connectivity index (χ1v) is 5.66. The summed E-state index contributed by atoms with van der Waals surface area (Å²) in [5.74, 6) is 2.21. The van der Waals surface area contributed by atoms with Gasteiger partial charge in [0.15, 0.2) is 0 Å². The van der Waals surface area contributed by atoms with Crippen molar-refractivity contribution in [3.05, 3.63) is 34.9 Å². The van der Waals surface area contributed by atoms with E-state index in [4.69, 9.17) is 11.6 Å². The average molecular weight is 201 g/mol. The Morgan fingerprint density at radius 3 is 3.08 bits per heavy atom. The molecule has 2 heteroatoms. The first-order chi connectivity index (χ1) is 5.84. The van der Waals surface area contributed by atoms with Crippen LogP contribution in [0.15, 0.2) is 34.9 Å². The molecule has 0 nitrogen and oxygen atoms in total. The molecule has 1 rings (SSSR count). The van der Waals surface area contributed by atoms with Crippen LogP contribution in [0, 0.1) is 0 Å². The molecule has 0 saturated heterocycles. The van der Waals surface area contributed by atoms with Gasteiger partial charge < -0.3 is 0 Å². The molecule has 0 atom stereocenters. The van der Waals surface area contributed by atoms with Crippen molar-refractivity contribution in [2.45, 2.75) is 13.3 Å². The van der Waals surface area contributed by atoms with Crippen molar-refractivity contribution in [2.75, 3.05) is 11.5 Å². The Hall–Kier alpha value is -0.140. The van der Waals surface area contributed by atoms with Gasteiger partial charge in [-0.15, -0.1) is 0 Å². The van der Waals surface area contributed by atoms with Gasteiger partial charge in [-0.05, 0) is 23.8 Å². The molecule has 0 unspecified atom stereocenters. The molecule has 0 aromatic rings. The van der Waals surface area contributed by atoms with Crippen LogP contribution < -0.4 is 0 Å². The lowest BCUT2D eigenvalue weighted by Crippen LogP contribution is -1.88. The quantitative estimate of drug-likeness (QED) is 0.669. The van der Waals surface area contributed by atoms with Gasteiger partial charge in [0.1, 0.15) is 0 Å². The Kier molecular flexibility index (Phi) is 4.55. The van der Waals surface area contributed by atoms with E-state index in [1.165, 1.54) is 5.57 Å². The molecule has 0 aromatic heterocycles. The summed E-state index contributed by atoms with van der Waals surface area (Å²) in [4.78, 5) is 0. The molecular formula is C10H13ClS. The Balaban J connectivity index is 2.58. The van der Waals surface area contributed by atoms with Crippen LogP contribution in [0.25, 0.3) is 0 Å². The first kappa shape index (κ1) is 9.94. The largest absolute Gasteiger partial charge is 0.158 e. The summed E-state index contributed by atoms with van der Waals surface area (Å²) in [7, 11) is 0. The molecule has 0 heterocycles. The predicted octanol–water partition coefficient (Wildman–Crippen LogP) is 3.75. The van der Waals surface area contributed by atoms with Crippen molar-refractivity contribution < 1.29 is 0 Å². The number of halogens is 1. The van der Waals surface area contributed by atoms with Crippen molar-refractivity contribution in [1.29, 1.82) is 0 Å². The van der Waals surface area contributed by atoms with Crippen molar-refractivity contribution in [1.82, 2.24) is 0 Å². The maximum absolute atomic E-state index is 6.06. The Labute approximate surface area is 83.4 Å². The lowest BCUT2D eigenvalue weighted by atomic mass is 10.2. The van der Waals surface area contributed by atoms with Crippen LogP contribution in [0.1, 0.15) is 13.3 Å². The van der Waals surface area contributed by atoms with Gasteiger partial charge >= 0.3 is 0 Å². The Morgan fingerprint density at radius 2 is 2.33 bits per heavy atom. The highest BCUT2D eigenvalue weighted by Gasteiger charge is 2.01. The van der Waals surface area contributed by atoms with Gasteiger partial charge in [-0.3, -0.25) is 0 Å². The molecule has 66 valence electrons. The fraction of sp³-hybridized carbons (Fsp3) is 0.400. The smallest absolute Gasteiger partial charge is 0.0409 e. The topological polar surface area (TPSA) is 0 Å². The molecule has 0 aliphatic heterocycles. The average Bonchev–Trinajstić information content (AvgIpc) is 2.27. The monoisotopic (exact) mass is 200 g/mol. The van der Waals surface area contributed by atoms with Gasteiger partial charge in [0.05, 0.1) is 0 Å². The molecule has 0 aromatic carbocycles. The summed E-state index contributed by atoms with van der Waals surface area (Å²) in [6, 6.07) is 0. The maximum atomic E-state index is 6.06. The van der Waals surface area contributed by atoms with E-state index in [1.807, 2.05) is 30.0 Å². The fourth-order valence-corrected chi connectivity index (χ4v) is 2.02. The molecular weight excluding hydrogens is 188 g/mol. The number of thioether (sulfide) groups is 1. The SMILES string of the molecule is CCSCC1=C(Cl)C=CC=CC1. The van der Waals surface area contributed by atoms with Gasteiger partial charge in [0.25, 0.3) is 0 Å². The molecule has 1 aliphatic rings. The summed E-state index contributed by atoms with van der Waals surface area (Å²) < 4.78 is 0. The van der Waals surface area contributed by atoms with Crippen LogP contribution in [-0.4, -0.2) is 11.5 Å². The summed E-state index contributed by atoms with van der Waals surface area (Å²) in [5.41, 5.74) is 1.34. The molecule has 0 spiro atoms. The minimum atomic E-state index is 0.918. The summed E-state index contributed by atoms with van der Waals surface area (Å²) >= 11 is 7.98. The van der Waals surface area contributed by atoms with E-state index in [0.717, 1.165) is 23.0 Å². The Morgan fingerprint density at radius 1 is 1.50 bits per heavy atom. The van der Waals surface area contributed by atoms with Gasteiger partial charge in [-0.25, -0.2) is 0 Å². The first-order valence-electron chi connectivity index (χ1n) is 4.13. The van der Waals surface area contributed by atoms with Crippen LogP contribution in [-0.2, 0) is 0 Å². The summed E-state index contributed by atoms with van der Waals surface area (Å²) in [6.07, 6.45) is 9.16. The Bertz CT molecular complexity index is 226. The van der Waals surface area contributed by atoms with E-state index in [0.29, 0.717) is 0 Å². The van der Waals surface area contributed by atoms with Crippen molar-refractivity contribution in [3.63, 3.8) is 0 Å². The second-order valence-corrected chi connectivity index (χ2v) is 4.26. The van der Waals surface area contributed by atoms with E-state index in [1.54, 1.807) is 0 Å². The van der Waals surface area contributed by atoms with E-state index in [2.05, 4.69) is 13.0 Å². The highest BCUT2D eigenvalue weighted by atomic mass is 35.5. The van der Waals surface area contributed by atoms with Crippen LogP contribution >= 0.6 is 23.4 Å². The number of hydrogen-bond acceptors (Lipinski definition) is 1. The van der Waals surface area contributed by atoms with Gasteiger partial charge in [-0.1, -0.05) is 36.8 Å². The second-order valence-electron chi connectivity index (χ2n) is 2.58. The summed E-state index contributed by atoms with van der Waals surface area (Å²) in [5, 5.41) is 0.918. The fourth-order valence-electron chi connectivity index (χ4n) is 0.997. The molecule has 12 heavy (non-hydrogen) atoms. The highest BCUT2D eigenvalue weighted by molar-refractivity contribution is 7.99. The molecule has 0 N–H and O–H groups in total. The number of rotatable bonds is 3. The van der Waals surface area contributed by atoms with Gasteiger partial charge in [0, 0.05) is 10.8 Å². The van der Waals surface area contributed by atoms with Gasteiger partial charge in [0.2, 0.25) is 0 Å². The third-order valence-electron chi connectivity index (χ3n) is 1.67. The van der Waals surface area contributed by atoms with E-state index in [9.17, 15) is 0 Å². The molecule has 0 radical (unpaired) electrons. The van der Waals surface area contributed by atoms with Crippen LogP contribution in [0.5, 0.6) is 0 Å². The molecule has 0 amide bonds. The zero-order chi connectivity index (χ0) is 8.81. The van der Waals surface area contributed by atoms with Crippen LogP contribution in [0.4, 0.5) is 0 Å². The molecule has 0 saturated carbocycles. The zero-order valence-corrected chi connectivity index (χ0v) is 8.79. The van der Waals surface area contributed by atoms with E-state index < -0.39 is 0 Å². The van der Waals surface area contributed by atoms with Crippen molar-refractivity contribution in [3.8, 4) is 0 Å². The lowest BCUT2D eigenvalue weighted by Gasteiger charge is -2.03. The van der Waals surface area contributed by atoms with Crippen molar-refractivity contribution in [2.24, 2.45) is 0 Å². The van der Waals surface area contributed by atoms with Crippen molar-refractivity contribution >= 4 is 23.4 Å². The molecule has 1 aliphatic carbocycles. The third-order valence-corrected chi connectivity index (χ3v) is 3.03. The zero-order valence-electron chi connectivity index (χ0n) is 7.22. The van der Waals surface area contributed by atoms with Crippen LogP contribution in [0.3, 0.4) is 0 Å². The van der Waals surface area contributed by atoms with Crippen LogP contribution in [0.2, 0.25) is 0 Å². The summed E-state index contributed by atoms with van der Waals surface area (Å²) in [6.45, 7) is 2.17. The minimum Gasteiger partial charge on any atom is -0.158 e. The third kappa shape index (κ3) is 3.08. The number of allylic oxidation sites excluding steroid dienone is 5. The maximum Gasteiger partial charge on any atom is 0.0409 e. The lowest BCUT2D eigenvalue weighted by molar-refractivity contribution is 1.22. The standard InChI is InChI=1S/C10H13ClS/c1-2-12-8-9-6-4-3-5-7-10(9)11/h3-5,7H,2,6,8H2,1H3. The molecule has 0 fully saturated rings.